The summed E-state index contributed by atoms with van der Waals surface area (Å²) < 4.78 is 0. The van der Waals surface area contributed by atoms with Crippen molar-refractivity contribution in [3.05, 3.63) is 22.3 Å². The van der Waals surface area contributed by atoms with Gasteiger partial charge in [-0.1, -0.05) is 30.9 Å². The van der Waals surface area contributed by atoms with Gasteiger partial charge in [0.1, 0.15) is 0 Å². The Hall–Kier alpha value is -0.850. The molecule has 0 heterocycles. The van der Waals surface area contributed by atoms with Crippen molar-refractivity contribution in [2.75, 3.05) is 7.05 Å². The minimum Gasteiger partial charge on any atom is -0.292 e. The summed E-state index contributed by atoms with van der Waals surface area (Å²) in [5.41, 5.74) is 7.55. The monoisotopic (exact) mass is 287 g/mol. The molecule has 118 valence electrons. The van der Waals surface area contributed by atoms with Gasteiger partial charge in [0, 0.05) is 12.8 Å². The smallest absolute Gasteiger partial charge is 0.0421 e. The topological polar surface area (TPSA) is 12.4 Å². The molecule has 1 fully saturated rings. The number of hydrogen-bond donors (Lipinski definition) is 0. The number of nitrogens with zero attached hydrogens (tertiary/aromatic N) is 1. The maximum absolute atomic E-state index is 4.73. The fraction of sp³-hybridized carbons (Fsp3) is 0.750. The number of allylic oxidation sites excluding steroid dienone is 4. The molecule has 0 N–H and O–H groups in total. The summed E-state index contributed by atoms with van der Waals surface area (Å²) in [6, 6.07) is 0. The molecule has 0 spiro atoms. The lowest BCUT2D eigenvalue weighted by Gasteiger charge is -2.27. The predicted octanol–water partition coefficient (Wildman–Crippen LogP) is 6.11. The Labute approximate surface area is 131 Å². The van der Waals surface area contributed by atoms with E-state index in [1.54, 1.807) is 11.1 Å². The van der Waals surface area contributed by atoms with E-state index in [0.717, 1.165) is 11.8 Å². The molecule has 0 aromatic carbocycles. The quantitative estimate of drug-likeness (QED) is 0.553. The van der Waals surface area contributed by atoms with Crippen molar-refractivity contribution in [1.29, 1.82) is 0 Å². The van der Waals surface area contributed by atoms with Crippen molar-refractivity contribution in [2.45, 2.75) is 79.1 Å². The summed E-state index contributed by atoms with van der Waals surface area (Å²) in [7, 11) is 1.99. The highest BCUT2D eigenvalue weighted by atomic mass is 14.7. The SMILES string of the molecule is CN=C(CC1CCC(C)CC1)C(=C(C)C)C1=C(C)CCC1. The average Bonchev–Trinajstić information content (AvgIpc) is 2.86. The van der Waals surface area contributed by atoms with Crippen LogP contribution >= 0.6 is 0 Å². The third-order valence-electron chi connectivity index (χ3n) is 5.47. The summed E-state index contributed by atoms with van der Waals surface area (Å²) in [6.45, 7) is 9.25. The fourth-order valence-corrected chi connectivity index (χ4v) is 4.11. The van der Waals surface area contributed by atoms with Crippen LogP contribution in [-0.2, 0) is 0 Å². The van der Waals surface area contributed by atoms with E-state index in [9.17, 15) is 0 Å². The normalized spacial score (nSPS) is 27.2. The van der Waals surface area contributed by atoms with Crippen molar-refractivity contribution in [3.8, 4) is 0 Å². The van der Waals surface area contributed by atoms with Gasteiger partial charge in [0.2, 0.25) is 0 Å². The van der Waals surface area contributed by atoms with Crippen LogP contribution in [0, 0.1) is 11.8 Å². The van der Waals surface area contributed by atoms with E-state index in [2.05, 4.69) is 27.7 Å². The van der Waals surface area contributed by atoms with Crippen LogP contribution in [0.25, 0.3) is 0 Å². The summed E-state index contributed by atoms with van der Waals surface area (Å²) in [5, 5.41) is 0. The van der Waals surface area contributed by atoms with Gasteiger partial charge in [0.25, 0.3) is 0 Å². The summed E-state index contributed by atoms with van der Waals surface area (Å²) in [6.07, 6.45) is 10.7. The zero-order chi connectivity index (χ0) is 15.4. The maximum atomic E-state index is 4.73. The first-order chi connectivity index (χ1) is 10.0. The first-order valence-electron chi connectivity index (χ1n) is 8.85. The first kappa shape index (κ1) is 16.5. The Morgan fingerprint density at radius 2 is 1.76 bits per heavy atom. The molecule has 0 saturated heterocycles. The Kier molecular flexibility index (Phi) is 5.84. The van der Waals surface area contributed by atoms with E-state index in [1.165, 1.54) is 68.2 Å². The second kappa shape index (κ2) is 7.42. The molecule has 0 aromatic heterocycles. The molecular formula is C20H33N. The van der Waals surface area contributed by atoms with Crippen molar-refractivity contribution >= 4 is 5.71 Å². The maximum Gasteiger partial charge on any atom is 0.0421 e. The van der Waals surface area contributed by atoms with Gasteiger partial charge in [-0.3, -0.25) is 4.99 Å². The van der Waals surface area contributed by atoms with E-state index in [0.29, 0.717) is 0 Å². The molecule has 2 rings (SSSR count). The van der Waals surface area contributed by atoms with Crippen molar-refractivity contribution in [1.82, 2.24) is 0 Å². The van der Waals surface area contributed by atoms with Gasteiger partial charge >= 0.3 is 0 Å². The van der Waals surface area contributed by atoms with Crippen LogP contribution in [0.2, 0.25) is 0 Å². The Bertz CT molecular complexity index is 452. The molecule has 2 aliphatic rings. The van der Waals surface area contributed by atoms with Gasteiger partial charge in [-0.15, -0.1) is 0 Å². The molecule has 0 atom stereocenters. The van der Waals surface area contributed by atoms with E-state index < -0.39 is 0 Å². The minimum absolute atomic E-state index is 0.858. The molecule has 1 heteroatoms. The van der Waals surface area contributed by atoms with Crippen LogP contribution in [0.4, 0.5) is 0 Å². The second-order valence-corrected chi connectivity index (χ2v) is 7.49. The van der Waals surface area contributed by atoms with Crippen LogP contribution in [0.15, 0.2) is 27.3 Å². The van der Waals surface area contributed by atoms with Gasteiger partial charge in [-0.05, 0) is 82.3 Å². The zero-order valence-corrected chi connectivity index (χ0v) is 14.8. The fourth-order valence-electron chi connectivity index (χ4n) is 4.11. The van der Waals surface area contributed by atoms with E-state index in [-0.39, 0.29) is 0 Å². The molecule has 1 saturated carbocycles. The third-order valence-corrected chi connectivity index (χ3v) is 5.47. The molecular weight excluding hydrogens is 254 g/mol. The molecule has 21 heavy (non-hydrogen) atoms. The Balaban J connectivity index is 2.15. The van der Waals surface area contributed by atoms with Crippen LogP contribution in [0.3, 0.4) is 0 Å². The van der Waals surface area contributed by atoms with Crippen LogP contribution in [0.5, 0.6) is 0 Å². The van der Waals surface area contributed by atoms with Crippen LogP contribution in [-0.4, -0.2) is 12.8 Å². The van der Waals surface area contributed by atoms with Gasteiger partial charge in [0.05, 0.1) is 0 Å². The average molecular weight is 287 g/mol. The number of hydrogen-bond acceptors (Lipinski definition) is 1. The van der Waals surface area contributed by atoms with Crippen molar-refractivity contribution in [3.63, 3.8) is 0 Å². The highest BCUT2D eigenvalue weighted by Gasteiger charge is 2.24. The highest BCUT2D eigenvalue weighted by Crippen LogP contribution is 2.36. The predicted molar refractivity (Wildman–Crippen MR) is 94.0 cm³/mol. The molecule has 0 aromatic rings. The summed E-state index contributed by atoms with van der Waals surface area (Å²) in [4.78, 5) is 4.73. The van der Waals surface area contributed by atoms with Gasteiger partial charge in [-0.2, -0.15) is 0 Å². The minimum atomic E-state index is 0.858. The highest BCUT2D eigenvalue weighted by molar-refractivity contribution is 6.04. The third kappa shape index (κ3) is 4.08. The lowest BCUT2D eigenvalue weighted by Crippen LogP contribution is -2.18. The van der Waals surface area contributed by atoms with Crippen LogP contribution in [0.1, 0.15) is 79.1 Å². The largest absolute Gasteiger partial charge is 0.292 e. The van der Waals surface area contributed by atoms with E-state index >= 15 is 0 Å². The van der Waals surface area contributed by atoms with E-state index in [4.69, 9.17) is 4.99 Å². The van der Waals surface area contributed by atoms with Gasteiger partial charge in [0.15, 0.2) is 0 Å². The van der Waals surface area contributed by atoms with E-state index in [1.807, 2.05) is 7.05 Å². The number of aliphatic imine (C=N–C) groups is 1. The molecule has 0 aliphatic heterocycles. The van der Waals surface area contributed by atoms with Gasteiger partial charge in [-0.25, -0.2) is 0 Å². The molecule has 0 amide bonds. The second-order valence-electron chi connectivity index (χ2n) is 7.49. The Morgan fingerprint density at radius 1 is 1.10 bits per heavy atom. The molecule has 0 unspecified atom stereocenters. The zero-order valence-electron chi connectivity index (χ0n) is 14.8. The first-order valence-corrected chi connectivity index (χ1v) is 8.85. The summed E-state index contributed by atoms with van der Waals surface area (Å²) >= 11 is 0. The van der Waals surface area contributed by atoms with Crippen molar-refractivity contribution in [2.24, 2.45) is 16.8 Å². The van der Waals surface area contributed by atoms with Crippen molar-refractivity contribution < 1.29 is 0 Å². The summed E-state index contributed by atoms with van der Waals surface area (Å²) in [5.74, 6) is 1.79. The lowest BCUT2D eigenvalue weighted by atomic mass is 9.78. The molecule has 2 aliphatic carbocycles. The number of rotatable bonds is 4. The molecule has 1 nitrogen and oxygen atoms in total. The molecule has 0 radical (unpaired) electrons. The van der Waals surface area contributed by atoms with Crippen LogP contribution < -0.4 is 0 Å². The standard InChI is InChI=1S/C20H33N/c1-14(2)20(18-8-6-7-16(18)4)19(21-5)13-17-11-9-15(3)10-12-17/h15,17H,6-13H2,1-5H3. The molecule has 0 bridgehead atoms. The van der Waals surface area contributed by atoms with Gasteiger partial charge < -0.3 is 0 Å². The Morgan fingerprint density at radius 3 is 2.24 bits per heavy atom. The lowest BCUT2D eigenvalue weighted by molar-refractivity contribution is 0.296.